The highest BCUT2D eigenvalue weighted by molar-refractivity contribution is 7.18. The van der Waals surface area contributed by atoms with Gasteiger partial charge in [0.25, 0.3) is 5.91 Å². The number of aliphatic hydroxyl groups is 1. The van der Waals surface area contributed by atoms with E-state index in [9.17, 15) is 32.7 Å². The second-order valence-corrected chi connectivity index (χ2v) is 13.1. The number of carbonyl (C=O) groups excluding carboxylic acids is 3. The number of imide groups is 1. The normalized spacial score (nSPS) is 16.9. The molecule has 47 heavy (non-hydrogen) atoms. The number of nitrogens with zero attached hydrogens (tertiary/aromatic N) is 6. The fourth-order valence-electron chi connectivity index (χ4n) is 5.60. The SMILES string of the molecule is CC(C)(O)c1cc2nc(C3CCN(Cc4ccc(N5CCC(=O)NC5=O)nn4)CC3)sc2cc1NC(=O)c1ccc(C(F)(F)F)nc1. The van der Waals surface area contributed by atoms with Gasteiger partial charge in [0.2, 0.25) is 5.91 Å². The fraction of sp³-hybridized carbons (Fsp3) is 0.387. The number of anilines is 2. The third-order valence-corrected chi connectivity index (χ3v) is 9.31. The minimum absolute atomic E-state index is 0.0504. The summed E-state index contributed by atoms with van der Waals surface area (Å²) >= 11 is 1.50. The van der Waals surface area contributed by atoms with Crippen LogP contribution >= 0.6 is 11.3 Å². The average Bonchev–Trinajstić information content (AvgIpc) is 3.44. The molecule has 3 aromatic heterocycles. The second-order valence-electron chi connectivity index (χ2n) is 12.0. The Kier molecular flexibility index (Phi) is 8.67. The predicted octanol–water partition coefficient (Wildman–Crippen LogP) is 4.81. The number of amides is 4. The van der Waals surface area contributed by atoms with Crippen molar-refractivity contribution >= 4 is 50.9 Å². The number of urea groups is 1. The number of fused-ring (bicyclic) bond motifs is 1. The molecule has 2 aliphatic rings. The lowest BCUT2D eigenvalue weighted by atomic mass is 9.95. The minimum atomic E-state index is -4.62. The molecular weight excluding hydrogens is 637 g/mol. The number of piperidine rings is 1. The molecule has 0 spiro atoms. The van der Waals surface area contributed by atoms with E-state index >= 15 is 0 Å². The molecule has 0 radical (unpaired) electrons. The van der Waals surface area contributed by atoms with Crippen LogP contribution in [0, 0.1) is 0 Å². The number of halogens is 3. The lowest BCUT2D eigenvalue weighted by molar-refractivity contribution is -0.141. The first-order valence-electron chi connectivity index (χ1n) is 14.9. The monoisotopic (exact) mass is 668 g/mol. The molecule has 1 aromatic carbocycles. The number of rotatable bonds is 7. The zero-order valence-corrected chi connectivity index (χ0v) is 26.3. The van der Waals surface area contributed by atoms with E-state index < -0.39 is 29.4 Å². The van der Waals surface area contributed by atoms with E-state index in [-0.39, 0.29) is 30.4 Å². The van der Waals surface area contributed by atoms with Crippen LogP contribution in [-0.4, -0.2) is 67.7 Å². The summed E-state index contributed by atoms with van der Waals surface area (Å²) in [4.78, 5) is 48.3. The van der Waals surface area contributed by atoms with Crippen LogP contribution in [0.3, 0.4) is 0 Å². The Balaban J connectivity index is 1.11. The van der Waals surface area contributed by atoms with Crippen LogP contribution in [-0.2, 0) is 23.1 Å². The van der Waals surface area contributed by atoms with Gasteiger partial charge < -0.3 is 10.4 Å². The van der Waals surface area contributed by atoms with Gasteiger partial charge in [-0.05, 0) is 76.2 Å². The molecular formula is C31H31F3N8O4S. The van der Waals surface area contributed by atoms with Gasteiger partial charge in [-0.25, -0.2) is 9.78 Å². The van der Waals surface area contributed by atoms with E-state index in [0.717, 1.165) is 59.7 Å². The Labute approximate surface area is 271 Å². The van der Waals surface area contributed by atoms with Crippen LogP contribution < -0.4 is 15.5 Å². The number of alkyl halides is 3. The summed E-state index contributed by atoms with van der Waals surface area (Å²) in [6.07, 6.45) is -1.82. The zero-order chi connectivity index (χ0) is 33.5. The molecule has 4 aromatic rings. The molecule has 246 valence electrons. The lowest BCUT2D eigenvalue weighted by Crippen LogP contribution is -2.50. The quantitative estimate of drug-likeness (QED) is 0.252. The summed E-state index contributed by atoms with van der Waals surface area (Å²) in [6, 6.07) is 8.34. The number of aromatic nitrogens is 4. The van der Waals surface area contributed by atoms with Crippen molar-refractivity contribution in [1.29, 1.82) is 0 Å². The Bertz CT molecular complexity index is 1820. The molecule has 2 fully saturated rings. The fourth-order valence-corrected chi connectivity index (χ4v) is 6.75. The summed E-state index contributed by atoms with van der Waals surface area (Å²) in [5.41, 5.74) is -0.283. The smallest absolute Gasteiger partial charge is 0.386 e. The van der Waals surface area contributed by atoms with E-state index in [4.69, 9.17) is 4.98 Å². The molecule has 5 heterocycles. The van der Waals surface area contributed by atoms with Crippen LogP contribution in [0.4, 0.5) is 29.5 Å². The van der Waals surface area contributed by atoms with Crippen molar-refractivity contribution in [2.75, 3.05) is 29.9 Å². The molecule has 0 saturated carbocycles. The highest BCUT2D eigenvalue weighted by Gasteiger charge is 2.33. The predicted molar refractivity (Wildman–Crippen MR) is 167 cm³/mol. The molecule has 2 saturated heterocycles. The Hall–Kier alpha value is -4.54. The van der Waals surface area contributed by atoms with E-state index in [1.54, 1.807) is 32.0 Å². The highest BCUT2D eigenvalue weighted by atomic mass is 32.1. The largest absolute Gasteiger partial charge is 0.433 e. The van der Waals surface area contributed by atoms with Gasteiger partial charge in [-0.2, -0.15) is 18.3 Å². The number of thiazole rings is 1. The number of benzene rings is 1. The maximum absolute atomic E-state index is 12.9. The van der Waals surface area contributed by atoms with Gasteiger partial charge in [0.15, 0.2) is 5.82 Å². The molecule has 2 aliphatic heterocycles. The van der Waals surface area contributed by atoms with Gasteiger partial charge in [-0.3, -0.25) is 29.7 Å². The van der Waals surface area contributed by atoms with E-state index in [0.29, 0.717) is 29.1 Å². The number of nitrogens with one attached hydrogen (secondary N) is 2. The van der Waals surface area contributed by atoms with E-state index in [2.05, 4.69) is 30.7 Å². The van der Waals surface area contributed by atoms with Crippen LogP contribution in [0.2, 0.25) is 0 Å². The summed E-state index contributed by atoms with van der Waals surface area (Å²) in [5, 5.41) is 25.3. The Morgan fingerprint density at radius 1 is 1.09 bits per heavy atom. The van der Waals surface area contributed by atoms with Crippen molar-refractivity contribution in [2.24, 2.45) is 0 Å². The maximum atomic E-state index is 12.9. The number of pyridine rings is 1. The molecule has 4 amide bonds. The minimum Gasteiger partial charge on any atom is -0.386 e. The van der Waals surface area contributed by atoms with Crippen molar-refractivity contribution in [1.82, 2.24) is 30.4 Å². The molecule has 0 aliphatic carbocycles. The second kappa shape index (κ2) is 12.6. The van der Waals surface area contributed by atoms with Gasteiger partial charge in [-0.15, -0.1) is 16.4 Å². The van der Waals surface area contributed by atoms with Gasteiger partial charge in [0.1, 0.15) is 5.69 Å². The Morgan fingerprint density at radius 3 is 2.47 bits per heavy atom. The van der Waals surface area contributed by atoms with Gasteiger partial charge in [-0.1, -0.05) is 0 Å². The Morgan fingerprint density at radius 2 is 1.85 bits per heavy atom. The molecule has 0 unspecified atom stereocenters. The molecule has 3 N–H and O–H groups in total. The van der Waals surface area contributed by atoms with Crippen LogP contribution in [0.1, 0.15) is 71.3 Å². The summed E-state index contributed by atoms with van der Waals surface area (Å²) in [7, 11) is 0. The first-order chi connectivity index (χ1) is 22.2. The van der Waals surface area contributed by atoms with Gasteiger partial charge >= 0.3 is 12.2 Å². The first-order valence-corrected chi connectivity index (χ1v) is 15.7. The van der Waals surface area contributed by atoms with Crippen molar-refractivity contribution in [3.05, 3.63) is 70.1 Å². The first kappa shape index (κ1) is 32.4. The van der Waals surface area contributed by atoms with Crippen LogP contribution in [0.15, 0.2) is 42.6 Å². The van der Waals surface area contributed by atoms with Crippen LogP contribution in [0.25, 0.3) is 10.2 Å². The van der Waals surface area contributed by atoms with E-state index in [1.807, 2.05) is 6.07 Å². The average molecular weight is 669 g/mol. The number of likely N-dealkylation sites (tertiary alicyclic amines) is 1. The van der Waals surface area contributed by atoms with Crippen LogP contribution in [0.5, 0.6) is 0 Å². The van der Waals surface area contributed by atoms with Crippen molar-refractivity contribution in [3.8, 4) is 0 Å². The molecule has 0 atom stereocenters. The topological polar surface area (TPSA) is 154 Å². The lowest BCUT2D eigenvalue weighted by Gasteiger charge is -2.30. The van der Waals surface area contributed by atoms with Gasteiger partial charge in [0, 0.05) is 42.9 Å². The highest BCUT2D eigenvalue weighted by Crippen LogP contribution is 2.39. The molecule has 6 rings (SSSR count). The summed E-state index contributed by atoms with van der Waals surface area (Å²) in [6.45, 7) is 5.62. The third kappa shape index (κ3) is 7.24. The standard InChI is InChI=1S/C31H31F3N8O4S/c1-30(2,46)20-13-22-23(14-21(20)36-27(44)18-3-5-24(35-15-18)31(32,33)34)47-28(37-22)17-7-10-41(11-8-17)16-19-4-6-25(40-39-19)42-12-9-26(43)38-29(42)45/h3-6,13-15,17,46H,7-12,16H2,1-2H3,(H,36,44)(H,38,43,45). The van der Waals surface area contributed by atoms with Crippen molar-refractivity contribution in [3.63, 3.8) is 0 Å². The number of hydrogen-bond donors (Lipinski definition) is 3. The van der Waals surface area contributed by atoms with E-state index in [1.165, 1.54) is 16.2 Å². The van der Waals surface area contributed by atoms with Crippen molar-refractivity contribution in [2.45, 2.75) is 57.3 Å². The molecule has 12 nitrogen and oxygen atoms in total. The third-order valence-electron chi connectivity index (χ3n) is 8.13. The van der Waals surface area contributed by atoms with Gasteiger partial charge in [0.05, 0.1) is 32.1 Å². The zero-order valence-electron chi connectivity index (χ0n) is 25.5. The summed E-state index contributed by atoms with van der Waals surface area (Å²) < 4.78 is 39.5. The van der Waals surface area contributed by atoms with Crippen molar-refractivity contribution < 1.29 is 32.7 Å². The molecule has 16 heteroatoms. The molecule has 0 bridgehead atoms. The number of hydrogen-bond acceptors (Lipinski definition) is 10. The maximum Gasteiger partial charge on any atom is 0.433 e. The summed E-state index contributed by atoms with van der Waals surface area (Å²) in [5.74, 6) is -0.365. The number of carbonyl (C=O) groups is 3.